The molecule has 1 fully saturated rings. The van der Waals surface area contributed by atoms with Crippen molar-refractivity contribution >= 4 is 34.1 Å². The molecule has 35 heavy (non-hydrogen) atoms. The Hall–Kier alpha value is -3.31. The van der Waals surface area contributed by atoms with Crippen molar-refractivity contribution in [2.24, 2.45) is 0 Å². The van der Waals surface area contributed by atoms with Gasteiger partial charge in [0.1, 0.15) is 5.75 Å². The number of nitrogens with one attached hydrogen (secondary N) is 2. The first-order chi connectivity index (χ1) is 16.9. The summed E-state index contributed by atoms with van der Waals surface area (Å²) in [6.07, 6.45) is -2.83. The van der Waals surface area contributed by atoms with Crippen molar-refractivity contribution in [2.75, 3.05) is 13.1 Å². The van der Waals surface area contributed by atoms with E-state index in [4.69, 9.17) is 4.98 Å². The second-order valence-electron chi connectivity index (χ2n) is 8.14. The van der Waals surface area contributed by atoms with E-state index >= 15 is 0 Å². The number of fused-ring (bicyclic) bond motifs is 3. The number of benzene rings is 2. The lowest BCUT2D eigenvalue weighted by Crippen LogP contribution is -2.29. The average Bonchev–Trinajstić information content (AvgIpc) is 3.28. The molecule has 0 bridgehead atoms. The van der Waals surface area contributed by atoms with Crippen molar-refractivity contribution in [1.29, 1.82) is 0 Å². The first kappa shape index (κ1) is 23.4. The maximum Gasteiger partial charge on any atom is 0.573 e. The average molecular weight is 502 g/mol. The summed E-state index contributed by atoms with van der Waals surface area (Å²) >= 11 is 1.69. The topological polar surface area (TPSA) is 80.6 Å². The zero-order valence-electron chi connectivity index (χ0n) is 18.5. The first-order valence-corrected chi connectivity index (χ1v) is 12.0. The fourth-order valence-electron chi connectivity index (χ4n) is 4.06. The minimum atomic E-state index is -4.89. The van der Waals surface area contributed by atoms with Crippen molar-refractivity contribution in [3.8, 4) is 5.75 Å². The number of hydrogen-bond acceptors (Lipinski definition) is 6. The predicted molar refractivity (Wildman–Crippen MR) is 127 cm³/mol. The van der Waals surface area contributed by atoms with Gasteiger partial charge in [0.25, 0.3) is 5.91 Å². The van der Waals surface area contributed by atoms with E-state index in [0.717, 1.165) is 53.6 Å². The summed E-state index contributed by atoms with van der Waals surface area (Å²) in [4.78, 5) is 17.5. The highest BCUT2D eigenvalue weighted by Gasteiger charge is 2.32. The smallest absolute Gasteiger partial charge is 0.405 e. The summed E-state index contributed by atoms with van der Waals surface area (Å²) in [6.45, 7) is 1.96. The van der Waals surface area contributed by atoms with E-state index in [9.17, 15) is 18.0 Å². The summed E-state index contributed by atoms with van der Waals surface area (Å²) < 4.78 is 43.9. The number of rotatable bonds is 6. The van der Waals surface area contributed by atoms with E-state index in [1.165, 1.54) is 18.2 Å². The van der Waals surface area contributed by atoms with E-state index < -0.39 is 18.0 Å². The molecule has 1 saturated heterocycles. The normalized spacial score (nSPS) is 14.9. The van der Waals surface area contributed by atoms with Crippen molar-refractivity contribution < 1.29 is 22.7 Å². The van der Waals surface area contributed by atoms with Crippen LogP contribution < -0.4 is 15.4 Å². The van der Waals surface area contributed by atoms with Crippen LogP contribution in [0, 0.1) is 0 Å². The molecule has 1 aliphatic heterocycles. The van der Waals surface area contributed by atoms with Gasteiger partial charge in [-0.05, 0) is 50.2 Å². The van der Waals surface area contributed by atoms with Gasteiger partial charge in [0, 0.05) is 10.6 Å². The lowest BCUT2D eigenvalue weighted by Gasteiger charge is -2.21. The molecule has 0 unspecified atom stereocenters. The molecular formula is C24H22F3N5O2S. The van der Waals surface area contributed by atoms with Gasteiger partial charge in [-0.1, -0.05) is 42.1 Å². The molecule has 0 aliphatic carbocycles. The molecule has 182 valence electrons. The summed E-state index contributed by atoms with van der Waals surface area (Å²) in [5.41, 5.74) is 2.07. The summed E-state index contributed by atoms with van der Waals surface area (Å²) in [7, 11) is 0. The Balaban J connectivity index is 1.41. The lowest BCUT2D eigenvalue weighted by molar-refractivity contribution is -0.274. The molecule has 2 N–H and O–H groups in total. The van der Waals surface area contributed by atoms with Crippen LogP contribution in [0.2, 0.25) is 0 Å². The maximum atomic E-state index is 12.7. The van der Waals surface area contributed by atoms with Crippen molar-refractivity contribution in [3.05, 3.63) is 65.9 Å². The fourth-order valence-corrected chi connectivity index (χ4v) is 5.22. The molecule has 0 radical (unpaired) electrons. The van der Waals surface area contributed by atoms with Crippen LogP contribution in [-0.4, -0.2) is 45.2 Å². The largest absolute Gasteiger partial charge is 0.573 e. The predicted octanol–water partition coefficient (Wildman–Crippen LogP) is 4.56. The molecule has 0 spiro atoms. The number of amides is 1. The number of nitrogens with zero attached hydrogens (tertiary/aromatic N) is 3. The Morgan fingerprint density at radius 1 is 1.14 bits per heavy atom. The number of thioether (sulfide) groups is 1. The van der Waals surface area contributed by atoms with Crippen molar-refractivity contribution in [3.63, 3.8) is 0 Å². The molecule has 0 saturated carbocycles. The third-order valence-electron chi connectivity index (χ3n) is 5.68. The van der Waals surface area contributed by atoms with Gasteiger partial charge in [-0.2, -0.15) is 5.10 Å². The van der Waals surface area contributed by atoms with Gasteiger partial charge in [0.05, 0.1) is 28.8 Å². The van der Waals surface area contributed by atoms with Gasteiger partial charge in [-0.3, -0.25) is 4.79 Å². The lowest BCUT2D eigenvalue weighted by atomic mass is 10.2. The minimum absolute atomic E-state index is 0.0344. The Kier molecular flexibility index (Phi) is 6.52. The van der Waals surface area contributed by atoms with Crippen LogP contribution in [0.25, 0.3) is 16.4 Å². The second kappa shape index (κ2) is 9.74. The molecule has 4 aromatic rings. The number of carbonyl (C=O) groups is 1. The van der Waals surface area contributed by atoms with E-state index in [-0.39, 0.29) is 12.1 Å². The third kappa shape index (κ3) is 5.35. The van der Waals surface area contributed by atoms with E-state index in [0.29, 0.717) is 10.9 Å². The highest BCUT2D eigenvalue weighted by molar-refractivity contribution is 7.99. The highest BCUT2D eigenvalue weighted by Crippen LogP contribution is 2.31. The molecule has 11 heteroatoms. The van der Waals surface area contributed by atoms with Crippen LogP contribution in [0.4, 0.5) is 13.2 Å². The Bertz CT molecular complexity index is 1370. The molecule has 3 heterocycles. The number of aromatic nitrogens is 3. The third-order valence-corrected chi connectivity index (χ3v) is 6.96. The number of para-hydroxylation sites is 2. The van der Waals surface area contributed by atoms with E-state index in [2.05, 4.69) is 20.5 Å². The Morgan fingerprint density at radius 3 is 2.69 bits per heavy atom. The monoisotopic (exact) mass is 501 g/mol. The standard InChI is InChI=1S/C24H22F3N5O2S/c25-24(26,27)34-21-8-4-2-6-18(21)22(33)29-14-15-13-20-17-5-1-3-7-19(17)30-23(32(20)31-15)35-16-9-11-28-12-10-16/h1-8,13,16,28H,9-12,14H2,(H,29,33). The Labute approximate surface area is 203 Å². The van der Waals surface area contributed by atoms with Crippen molar-refractivity contribution in [2.45, 2.75) is 36.2 Å². The number of carbonyl (C=O) groups excluding carboxylic acids is 1. The number of piperidine rings is 1. The van der Waals surface area contributed by atoms with Crippen LogP contribution in [0.3, 0.4) is 0 Å². The number of hydrogen-bond donors (Lipinski definition) is 2. The summed E-state index contributed by atoms with van der Waals surface area (Å²) in [5, 5.41) is 12.8. The minimum Gasteiger partial charge on any atom is -0.405 e. The zero-order chi connectivity index (χ0) is 24.4. The maximum absolute atomic E-state index is 12.7. The van der Waals surface area contributed by atoms with Crippen LogP contribution in [0.5, 0.6) is 5.75 Å². The molecule has 2 aromatic heterocycles. The summed E-state index contributed by atoms with van der Waals surface area (Å²) in [5.74, 6) is -1.24. The van der Waals surface area contributed by atoms with E-state index in [1.807, 2.05) is 30.3 Å². The van der Waals surface area contributed by atoms with Crippen LogP contribution in [0.15, 0.2) is 59.8 Å². The molecule has 1 aliphatic rings. The highest BCUT2D eigenvalue weighted by atomic mass is 32.2. The molecular weight excluding hydrogens is 479 g/mol. The molecule has 2 aromatic carbocycles. The fraction of sp³-hybridized carbons (Fsp3) is 0.292. The number of ether oxygens (including phenoxy) is 1. The zero-order valence-corrected chi connectivity index (χ0v) is 19.3. The van der Waals surface area contributed by atoms with Gasteiger partial charge in [-0.15, -0.1) is 13.2 Å². The molecule has 7 nitrogen and oxygen atoms in total. The van der Waals surface area contributed by atoms with Gasteiger partial charge < -0.3 is 15.4 Å². The van der Waals surface area contributed by atoms with Crippen LogP contribution in [0.1, 0.15) is 28.9 Å². The van der Waals surface area contributed by atoms with Crippen LogP contribution in [-0.2, 0) is 6.54 Å². The van der Waals surface area contributed by atoms with Gasteiger partial charge in [-0.25, -0.2) is 9.50 Å². The second-order valence-corrected chi connectivity index (χ2v) is 9.41. The van der Waals surface area contributed by atoms with Gasteiger partial charge in [0.15, 0.2) is 5.16 Å². The quantitative estimate of drug-likeness (QED) is 0.377. The molecule has 5 rings (SSSR count). The van der Waals surface area contributed by atoms with Crippen LogP contribution >= 0.6 is 11.8 Å². The summed E-state index contributed by atoms with van der Waals surface area (Å²) in [6, 6.07) is 14.9. The van der Waals surface area contributed by atoms with E-state index in [1.54, 1.807) is 16.3 Å². The molecule has 0 atom stereocenters. The number of halogens is 3. The Morgan fingerprint density at radius 2 is 1.89 bits per heavy atom. The first-order valence-electron chi connectivity index (χ1n) is 11.1. The SMILES string of the molecule is O=C(NCc1cc2c3ccccc3nc(SC3CCNCC3)n2n1)c1ccccc1OC(F)(F)F. The van der Waals surface area contributed by atoms with Gasteiger partial charge >= 0.3 is 6.36 Å². The number of alkyl halides is 3. The van der Waals surface area contributed by atoms with Gasteiger partial charge in [0.2, 0.25) is 0 Å². The van der Waals surface area contributed by atoms with Crippen molar-refractivity contribution in [1.82, 2.24) is 25.2 Å². The molecule has 1 amide bonds.